The zero-order chi connectivity index (χ0) is 16.1. The molecule has 0 amide bonds. The predicted molar refractivity (Wildman–Crippen MR) is 76.6 cm³/mol. The van der Waals surface area contributed by atoms with E-state index in [-0.39, 0.29) is 28.9 Å². The number of ether oxygens (including phenoxy) is 1. The summed E-state index contributed by atoms with van der Waals surface area (Å²) in [6, 6.07) is 4.45. The van der Waals surface area contributed by atoms with Crippen molar-refractivity contribution >= 4 is 5.97 Å². The van der Waals surface area contributed by atoms with Crippen LogP contribution in [-0.2, 0) is 24.8 Å². The summed E-state index contributed by atoms with van der Waals surface area (Å²) in [5.74, 6) is -0.502. The van der Waals surface area contributed by atoms with E-state index in [0.29, 0.717) is 11.3 Å². The lowest BCUT2D eigenvalue weighted by Gasteiger charge is -2.12. The van der Waals surface area contributed by atoms with E-state index in [9.17, 15) is 18.0 Å². The molecule has 0 atom stereocenters. The van der Waals surface area contributed by atoms with Crippen molar-refractivity contribution in [2.45, 2.75) is 26.9 Å². The Hall–Kier alpha value is -2.24. The standard InChI is InChI=1S/C16H16F3NO2/c1-2-22-16(21)11-5-15(20-9-11)12-4-3-10(6-17)13(7-18)14(12)8-19/h3-5,9,20H,2,6-8H2,1H3. The van der Waals surface area contributed by atoms with Gasteiger partial charge in [0.1, 0.15) is 20.0 Å². The summed E-state index contributed by atoms with van der Waals surface area (Å²) in [5.41, 5.74) is 1.40. The molecule has 0 bridgehead atoms. The summed E-state index contributed by atoms with van der Waals surface area (Å²) in [4.78, 5) is 14.5. The summed E-state index contributed by atoms with van der Waals surface area (Å²) in [6.07, 6.45) is 1.44. The van der Waals surface area contributed by atoms with Crippen LogP contribution in [0.5, 0.6) is 0 Å². The molecule has 0 aliphatic heterocycles. The van der Waals surface area contributed by atoms with E-state index in [1.54, 1.807) is 6.92 Å². The zero-order valence-corrected chi connectivity index (χ0v) is 12.1. The van der Waals surface area contributed by atoms with Gasteiger partial charge in [-0.1, -0.05) is 12.1 Å². The summed E-state index contributed by atoms with van der Waals surface area (Å²) in [7, 11) is 0. The minimum absolute atomic E-state index is 0.0229. The molecule has 0 unspecified atom stereocenters. The molecule has 1 aromatic carbocycles. The number of carbonyl (C=O) groups excluding carboxylic acids is 1. The van der Waals surface area contributed by atoms with Crippen LogP contribution in [0.25, 0.3) is 11.3 Å². The molecule has 2 rings (SSSR count). The van der Waals surface area contributed by atoms with Gasteiger partial charge in [0, 0.05) is 17.5 Å². The lowest BCUT2D eigenvalue weighted by atomic mass is 9.96. The second-order valence-electron chi connectivity index (χ2n) is 4.65. The Morgan fingerprint density at radius 3 is 2.45 bits per heavy atom. The molecule has 2 aromatic rings. The number of aromatic nitrogens is 1. The molecule has 1 N–H and O–H groups in total. The quantitative estimate of drug-likeness (QED) is 0.810. The highest BCUT2D eigenvalue weighted by atomic mass is 19.1. The normalized spacial score (nSPS) is 10.7. The molecular formula is C16H16F3NO2. The van der Waals surface area contributed by atoms with Crippen LogP contribution in [0.2, 0.25) is 0 Å². The number of esters is 1. The Morgan fingerprint density at radius 2 is 1.86 bits per heavy atom. The van der Waals surface area contributed by atoms with Crippen molar-refractivity contribution in [1.29, 1.82) is 0 Å². The molecule has 0 spiro atoms. The van der Waals surface area contributed by atoms with E-state index in [1.165, 1.54) is 24.4 Å². The average molecular weight is 311 g/mol. The number of nitrogens with one attached hydrogen (secondary N) is 1. The minimum Gasteiger partial charge on any atom is -0.462 e. The Bertz CT molecular complexity index is 667. The van der Waals surface area contributed by atoms with Crippen LogP contribution in [0, 0.1) is 0 Å². The highest BCUT2D eigenvalue weighted by Gasteiger charge is 2.17. The first-order chi connectivity index (χ1) is 10.7. The molecule has 0 saturated carbocycles. The topological polar surface area (TPSA) is 42.1 Å². The molecule has 1 heterocycles. The van der Waals surface area contributed by atoms with Gasteiger partial charge >= 0.3 is 5.97 Å². The van der Waals surface area contributed by atoms with Gasteiger partial charge < -0.3 is 9.72 Å². The minimum atomic E-state index is -0.947. The van der Waals surface area contributed by atoms with Crippen LogP contribution in [-0.4, -0.2) is 17.6 Å². The Balaban J connectivity index is 2.47. The third-order valence-corrected chi connectivity index (χ3v) is 3.42. The van der Waals surface area contributed by atoms with E-state index >= 15 is 0 Å². The maximum atomic E-state index is 13.3. The smallest absolute Gasteiger partial charge is 0.339 e. The van der Waals surface area contributed by atoms with E-state index < -0.39 is 26.0 Å². The molecule has 0 saturated heterocycles. The van der Waals surface area contributed by atoms with Crippen LogP contribution in [0.4, 0.5) is 13.2 Å². The first-order valence-electron chi connectivity index (χ1n) is 6.83. The Labute approximate surface area is 126 Å². The monoisotopic (exact) mass is 311 g/mol. The van der Waals surface area contributed by atoms with Gasteiger partial charge in [0.05, 0.1) is 12.2 Å². The molecule has 22 heavy (non-hydrogen) atoms. The fourth-order valence-electron chi connectivity index (χ4n) is 2.32. The second-order valence-corrected chi connectivity index (χ2v) is 4.65. The van der Waals surface area contributed by atoms with Crippen LogP contribution < -0.4 is 0 Å². The molecule has 0 radical (unpaired) electrons. The zero-order valence-electron chi connectivity index (χ0n) is 12.1. The highest BCUT2D eigenvalue weighted by Crippen LogP contribution is 2.30. The third kappa shape index (κ3) is 3.00. The maximum Gasteiger partial charge on any atom is 0.339 e. The van der Waals surface area contributed by atoms with Crippen LogP contribution >= 0.6 is 0 Å². The first kappa shape index (κ1) is 16.1. The summed E-state index contributed by atoms with van der Waals surface area (Å²) >= 11 is 0. The predicted octanol–water partition coefficient (Wildman–Crippen LogP) is 4.27. The molecule has 3 nitrogen and oxygen atoms in total. The Kier molecular flexibility index (Phi) is 5.25. The summed E-state index contributed by atoms with van der Waals surface area (Å²) in [6.45, 7) is -0.790. The van der Waals surface area contributed by atoms with Gasteiger partial charge in [-0.05, 0) is 29.7 Å². The molecule has 6 heteroatoms. The molecule has 118 valence electrons. The fraction of sp³-hybridized carbons (Fsp3) is 0.312. The molecule has 0 aliphatic carbocycles. The number of H-pyrrole nitrogens is 1. The molecule has 1 aromatic heterocycles. The number of carbonyl (C=O) groups is 1. The van der Waals surface area contributed by atoms with Crippen molar-refractivity contribution in [3.8, 4) is 11.3 Å². The van der Waals surface area contributed by atoms with Crippen molar-refractivity contribution in [1.82, 2.24) is 4.98 Å². The fourth-order valence-corrected chi connectivity index (χ4v) is 2.32. The van der Waals surface area contributed by atoms with E-state index in [4.69, 9.17) is 4.74 Å². The van der Waals surface area contributed by atoms with Crippen molar-refractivity contribution in [3.63, 3.8) is 0 Å². The van der Waals surface area contributed by atoms with Crippen LogP contribution in [0.15, 0.2) is 24.4 Å². The SMILES string of the molecule is CCOC(=O)c1c[nH]c(-c2ccc(CF)c(CF)c2CF)c1. The van der Waals surface area contributed by atoms with Gasteiger partial charge in [-0.2, -0.15) is 0 Å². The van der Waals surface area contributed by atoms with Crippen molar-refractivity contribution in [2.24, 2.45) is 0 Å². The number of rotatable bonds is 6. The average Bonchev–Trinajstić information content (AvgIpc) is 3.03. The maximum absolute atomic E-state index is 13.3. The van der Waals surface area contributed by atoms with Gasteiger partial charge in [0.2, 0.25) is 0 Å². The largest absolute Gasteiger partial charge is 0.462 e. The molecular weight excluding hydrogens is 295 g/mol. The highest BCUT2D eigenvalue weighted by molar-refractivity contribution is 5.91. The van der Waals surface area contributed by atoms with Gasteiger partial charge in [-0.25, -0.2) is 18.0 Å². The molecule has 0 fully saturated rings. The van der Waals surface area contributed by atoms with Gasteiger partial charge in [0.15, 0.2) is 0 Å². The third-order valence-electron chi connectivity index (χ3n) is 3.42. The number of halogens is 3. The van der Waals surface area contributed by atoms with E-state index in [0.717, 1.165) is 0 Å². The van der Waals surface area contributed by atoms with E-state index in [2.05, 4.69) is 4.98 Å². The van der Waals surface area contributed by atoms with Crippen LogP contribution in [0.1, 0.15) is 34.0 Å². The number of hydrogen-bond donors (Lipinski definition) is 1. The summed E-state index contributed by atoms with van der Waals surface area (Å²) in [5, 5.41) is 0. The summed E-state index contributed by atoms with van der Waals surface area (Å²) < 4.78 is 44.2. The number of hydrogen-bond acceptors (Lipinski definition) is 2. The lowest BCUT2D eigenvalue weighted by Crippen LogP contribution is -2.02. The van der Waals surface area contributed by atoms with Crippen molar-refractivity contribution in [2.75, 3.05) is 6.61 Å². The van der Waals surface area contributed by atoms with Gasteiger partial charge in [-0.3, -0.25) is 0 Å². The first-order valence-corrected chi connectivity index (χ1v) is 6.83. The lowest BCUT2D eigenvalue weighted by molar-refractivity contribution is 0.0526. The Morgan fingerprint density at radius 1 is 1.14 bits per heavy atom. The van der Waals surface area contributed by atoms with Gasteiger partial charge in [0.25, 0.3) is 0 Å². The van der Waals surface area contributed by atoms with Crippen LogP contribution in [0.3, 0.4) is 0 Å². The number of benzene rings is 1. The second kappa shape index (κ2) is 7.15. The van der Waals surface area contributed by atoms with E-state index in [1.807, 2.05) is 0 Å². The molecule has 0 aliphatic rings. The van der Waals surface area contributed by atoms with Crippen molar-refractivity contribution in [3.05, 3.63) is 46.6 Å². The van der Waals surface area contributed by atoms with Crippen molar-refractivity contribution < 1.29 is 22.7 Å². The van der Waals surface area contributed by atoms with Gasteiger partial charge in [-0.15, -0.1) is 0 Å². The number of aromatic amines is 1. The number of alkyl halides is 3.